The minimum absolute atomic E-state index is 0.0480. The molecule has 1 rings (SSSR count). The number of rotatable bonds is 4. The van der Waals surface area contributed by atoms with E-state index in [0.29, 0.717) is 0 Å². The molecule has 0 saturated carbocycles. The highest BCUT2D eigenvalue weighted by atomic mass is 16.7. The van der Waals surface area contributed by atoms with E-state index in [4.69, 9.17) is 0 Å². The summed E-state index contributed by atoms with van der Waals surface area (Å²) in [4.78, 5) is 40.9. The Morgan fingerprint density at radius 1 is 0.800 bits per heavy atom. The van der Waals surface area contributed by atoms with E-state index in [1.165, 1.54) is 0 Å². The van der Waals surface area contributed by atoms with Crippen molar-refractivity contribution in [3.8, 4) is 0 Å². The molecule has 1 aliphatic rings. The van der Waals surface area contributed by atoms with Gasteiger partial charge in [-0.1, -0.05) is 0 Å². The molecule has 112 valence electrons. The zero-order valence-electron chi connectivity index (χ0n) is 9.73. The molecule has 15 nitrogen and oxygen atoms in total. The van der Waals surface area contributed by atoms with Crippen LogP contribution >= 0.6 is 0 Å². The van der Waals surface area contributed by atoms with Crippen LogP contribution < -0.4 is 5.53 Å². The van der Waals surface area contributed by atoms with E-state index in [-0.39, 0.29) is 10.2 Å². The van der Waals surface area contributed by atoms with E-state index >= 15 is 0 Å². The minimum atomic E-state index is -1.60. The first-order valence-electron chi connectivity index (χ1n) is 5.09. The van der Waals surface area contributed by atoms with Gasteiger partial charge in [-0.2, -0.15) is 0 Å². The van der Waals surface area contributed by atoms with E-state index < -0.39 is 51.5 Å². The van der Waals surface area contributed by atoms with Gasteiger partial charge in [0.25, 0.3) is 0 Å². The van der Waals surface area contributed by atoms with E-state index in [2.05, 4.69) is 0 Å². The van der Waals surface area contributed by atoms with Crippen LogP contribution in [0.25, 0.3) is 0 Å². The van der Waals surface area contributed by atoms with Gasteiger partial charge in [0.05, 0.1) is 6.42 Å². The second-order valence-electron chi connectivity index (χ2n) is 3.85. The second-order valence-corrected chi connectivity index (χ2v) is 3.85. The highest BCUT2D eigenvalue weighted by Crippen LogP contribution is 2.11. The average molecular weight is 295 g/mol. The third-order valence-corrected chi connectivity index (χ3v) is 2.53. The first kappa shape index (κ1) is 15.2. The number of nitrogens with one attached hydrogen (secondary N) is 1. The molecule has 0 spiro atoms. The number of hydrazine groups is 4. The molecule has 0 amide bonds. The Bertz CT molecular complexity index is 353. The Hall–Kier alpha value is -2.84. The normalized spacial score (nSPS) is 23.6. The molecule has 0 aromatic heterocycles. The third kappa shape index (κ3) is 3.57. The van der Waals surface area contributed by atoms with Gasteiger partial charge in [-0.3, -0.25) is 20.2 Å². The SMILES string of the molecule is O=[N+]([O-])C1CC([N+](=O)[O-])CN([N+](=O)[O-])NN([N+](=O)[O-])C1. The van der Waals surface area contributed by atoms with E-state index in [0.717, 1.165) is 0 Å². The fourth-order valence-electron chi connectivity index (χ4n) is 1.59. The fraction of sp³-hybridized carbons (Fsp3) is 1.00. The molecule has 1 aliphatic heterocycles. The van der Waals surface area contributed by atoms with Crippen molar-refractivity contribution < 1.29 is 19.9 Å². The zero-order chi connectivity index (χ0) is 15.4. The van der Waals surface area contributed by atoms with Crippen molar-refractivity contribution in [1.82, 2.24) is 15.8 Å². The van der Waals surface area contributed by atoms with Gasteiger partial charge < -0.3 is 0 Å². The summed E-state index contributed by atoms with van der Waals surface area (Å²) in [6.07, 6.45) is -0.656. The molecule has 1 fully saturated rings. The maximum absolute atomic E-state index is 10.7. The summed E-state index contributed by atoms with van der Waals surface area (Å²) in [5.41, 5.74) is 1.68. The molecule has 20 heavy (non-hydrogen) atoms. The summed E-state index contributed by atoms with van der Waals surface area (Å²) in [5, 5.41) is 40.6. The lowest BCUT2D eigenvalue weighted by Crippen LogP contribution is -2.62. The fourth-order valence-corrected chi connectivity index (χ4v) is 1.59. The molecule has 1 N–H and O–H groups in total. The van der Waals surface area contributed by atoms with Crippen molar-refractivity contribution in [3.63, 3.8) is 0 Å². The standard InChI is InChI=1S/C5H9N7O8/c13-9(14)4-1-5(10(15)16)3-8(12(19)20)6-7(2-4)11(17)18/h4-6H,1-3H2. The van der Waals surface area contributed by atoms with Gasteiger partial charge in [0.1, 0.15) is 0 Å². The first-order chi connectivity index (χ1) is 9.22. The molecule has 2 unspecified atom stereocenters. The first-order valence-corrected chi connectivity index (χ1v) is 5.09. The average Bonchev–Trinajstić information content (AvgIpc) is 2.26. The predicted octanol–water partition coefficient (Wildman–Crippen LogP) is -1.91. The molecular weight excluding hydrogens is 286 g/mol. The van der Waals surface area contributed by atoms with Crippen LogP contribution in [0.3, 0.4) is 0 Å². The maximum atomic E-state index is 10.7. The van der Waals surface area contributed by atoms with E-state index in [1.807, 2.05) is 0 Å². The van der Waals surface area contributed by atoms with Gasteiger partial charge in [-0.05, 0) is 15.8 Å². The molecule has 0 aliphatic carbocycles. The highest BCUT2D eigenvalue weighted by Gasteiger charge is 2.43. The number of hydrogen-bond donors (Lipinski definition) is 1. The monoisotopic (exact) mass is 295 g/mol. The van der Waals surface area contributed by atoms with E-state index in [9.17, 15) is 40.5 Å². The molecule has 2 atom stereocenters. The van der Waals surface area contributed by atoms with Gasteiger partial charge in [0.2, 0.25) is 12.1 Å². The molecule has 0 aromatic carbocycles. The number of nitro groups is 4. The van der Waals surface area contributed by atoms with Crippen molar-refractivity contribution in [2.45, 2.75) is 18.5 Å². The van der Waals surface area contributed by atoms with Crippen LogP contribution in [0.5, 0.6) is 0 Å². The summed E-state index contributed by atoms with van der Waals surface area (Å²) in [6.45, 7) is -1.70. The highest BCUT2D eigenvalue weighted by molar-refractivity contribution is 4.69. The summed E-state index contributed by atoms with van der Waals surface area (Å²) in [5.74, 6) is 0. The van der Waals surface area contributed by atoms with Gasteiger partial charge in [-0.25, -0.2) is 20.2 Å². The lowest BCUT2D eigenvalue weighted by Gasteiger charge is -2.25. The third-order valence-electron chi connectivity index (χ3n) is 2.53. The van der Waals surface area contributed by atoms with Crippen LogP contribution in [0.4, 0.5) is 0 Å². The smallest absolute Gasteiger partial charge is 0.244 e. The Labute approximate surface area is 109 Å². The summed E-state index contributed by atoms with van der Waals surface area (Å²) in [6, 6.07) is -3.20. The lowest BCUT2D eigenvalue weighted by atomic mass is 10.1. The van der Waals surface area contributed by atoms with Crippen molar-refractivity contribution in [3.05, 3.63) is 40.5 Å². The summed E-state index contributed by atoms with van der Waals surface area (Å²) < 4.78 is 0. The summed E-state index contributed by atoms with van der Waals surface area (Å²) in [7, 11) is 0. The van der Waals surface area contributed by atoms with Crippen LogP contribution in [0.15, 0.2) is 0 Å². The van der Waals surface area contributed by atoms with Crippen LogP contribution in [0.2, 0.25) is 0 Å². The molecule has 15 heteroatoms. The predicted molar refractivity (Wildman–Crippen MR) is 56.7 cm³/mol. The Morgan fingerprint density at radius 3 is 1.40 bits per heavy atom. The van der Waals surface area contributed by atoms with Crippen molar-refractivity contribution in [1.29, 1.82) is 0 Å². The molecule has 0 bridgehead atoms. The zero-order valence-corrected chi connectivity index (χ0v) is 9.73. The van der Waals surface area contributed by atoms with E-state index in [1.54, 1.807) is 5.53 Å². The second kappa shape index (κ2) is 5.87. The Morgan fingerprint density at radius 2 is 1.15 bits per heavy atom. The topological polar surface area (TPSA) is 191 Å². The largest absolute Gasteiger partial charge is 0.264 e. The van der Waals surface area contributed by atoms with Gasteiger partial charge in [0.15, 0.2) is 23.2 Å². The molecule has 0 aromatic rings. The Balaban J connectivity index is 3.02. The van der Waals surface area contributed by atoms with Crippen molar-refractivity contribution in [2.75, 3.05) is 13.1 Å². The number of nitrogens with zero attached hydrogens (tertiary/aromatic N) is 6. The minimum Gasteiger partial charge on any atom is -0.264 e. The van der Waals surface area contributed by atoms with Crippen molar-refractivity contribution in [2.24, 2.45) is 0 Å². The van der Waals surface area contributed by atoms with Gasteiger partial charge in [0, 0.05) is 9.85 Å². The van der Waals surface area contributed by atoms with Gasteiger partial charge in [-0.15, -0.1) is 0 Å². The lowest BCUT2D eigenvalue weighted by molar-refractivity contribution is -0.751. The van der Waals surface area contributed by atoms with Crippen LogP contribution in [-0.2, 0) is 0 Å². The molecule has 0 radical (unpaired) electrons. The summed E-state index contributed by atoms with van der Waals surface area (Å²) >= 11 is 0. The van der Waals surface area contributed by atoms with Crippen molar-refractivity contribution >= 4 is 0 Å². The van der Waals surface area contributed by atoms with Gasteiger partial charge >= 0.3 is 0 Å². The quantitative estimate of drug-likeness (QED) is 0.449. The molecule has 1 heterocycles. The van der Waals surface area contributed by atoms with Crippen LogP contribution in [0, 0.1) is 40.5 Å². The molecule has 1 saturated heterocycles. The maximum Gasteiger partial charge on any atom is 0.244 e. The van der Waals surface area contributed by atoms with Crippen LogP contribution in [0.1, 0.15) is 6.42 Å². The van der Waals surface area contributed by atoms with Crippen LogP contribution in [-0.4, -0.2) is 55.3 Å². The Kier molecular flexibility index (Phi) is 4.46. The molecular formula is C5H9N7O8. The number of hydrogen-bond acceptors (Lipinski definition) is 9.